The van der Waals surface area contributed by atoms with Gasteiger partial charge in [0.2, 0.25) is 5.78 Å². The number of carbonyl (C=O) groups excluding carboxylic acids is 2. The zero-order valence-corrected chi connectivity index (χ0v) is 10.6. The number of ketones is 1. The molecular weight excluding hydrogens is 272 g/mol. The van der Waals surface area contributed by atoms with E-state index in [1.165, 1.54) is 12.1 Å². The molecule has 86 valence electrons. The van der Waals surface area contributed by atoms with Gasteiger partial charge in [-0.2, -0.15) is 0 Å². The molecule has 16 heavy (non-hydrogen) atoms. The molecule has 1 aromatic rings. The SMILES string of the molecule is CCC(=O)C(=O)Nc1cc(Cl)c(Cl)c(Cl)c1. The van der Waals surface area contributed by atoms with Crippen molar-refractivity contribution in [1.82, 2.24) is 0 Å². The zero-order valence-electron chi connectivity index (χ0n) is 8.31. The van der Waals surface area contributed by atoms with Gasteiger partial charge in [-0.3, -0.25) is 9.59 Å². The van der Waals surface area contributed by atoms with Crippen molar-refractivity contribution in [2.24, 2.45) is 0 Å². The van der Waals surface area contributed by atoms with E-state index in [1.807, 2.05) is 0 Å². The van der Waals surface area contributed by atoms with Gasteiger partial charge in [-0.05, 0) is 12.1 Å². The highest BCUT2D eigenvalue weighted by molar-refractivity contribution is 6.48. The first-order valence-electron chi connectivity index (χ1n) is 4.44. The van der Waals surface area contributed by atoms with Crippen molar-refractivity contribution in [2.75, 3.05) is 5.32 Å². The topological polar surface area (TPSA) is 46.2 Å². The van der Waals surface area contributed by atoms with Crippen molar-refractivity contribution in [2.45, 2.75) is 13.3 Å². The average Bonchev–Trinajstić information content (AvgIpc) is 2.24. The second-order valence-corrected chi connectivity index (χ2v) is 4.18. The molecule has 0 aliphatic heterocycles. The maximum Gasteiger partial charge on any atom is 0.291 e. The number of nitrogens with one attached hydrogen (secondary N) is 1. The Morgan fingerprint density at radius 2 is 1.69 bits per heavy atom. The summed E-state index contributed by atoms with van der Waals surface area (Å²) >= 11 is 17.3. The number of carbonyl (C=O) groups is 2. The van der Waals surface area contributed by atoms with Gasteiger partial charge in [-0.1, -0.05) is 41.7 Å². The van der Waals surface area contributed by atoms with Gasteiger partial charge in [-0.25, -0.2) is 0 Å². The van der Waals surface area contributed by atoms with E-state index in [9.17, 15) is 9.59 Å². The molecule has 3 nitrogen and oxygen atoms in total. The number of hydrogen-bond donors (Lipinski definition) is 1. The van der Waals surface area contributed by atoms with Crippen LogP contribution in [-0.2, 0) is 9.59 Å². The van der Waals surface area contributed by atoms with Gasteiger partial charge in [0.25, 0.3) is 5.91 Å². The molecule has 1 rings (SSSR count). The van der Waals surface area contributed by atoms with Crippen molar-refractivity contribution in [3.8, 4) is 0 Å². The molecule has 0 radical (unpaired) electrons. The van der Waals surface area contributed by atoms with Crippen LogP contribution in [-0.4, -0.2) is 11.7 Å². The van der Waals surface area contributed by atoms with Crippen molar-refractivity contribution in [3.05, 3.63) is 27.2 Å². The van der Waals surface area contributed by atoms with Crippen LogP contribution >= 0.6 is 34.8 Å². The number of halogens is 3. The molecule has 0 aliphatic carbocycles. The molecule has 0 saturated heterocycles. The second kappa shape index (κ2) is 5.53. The van der Waals surface area contributed by atoms with Gasteiger partial charge in [0.15, 0.2) is 0 Å². The number of anilines is 1. The van der Waals surface area contributed by atoms with Gasteiger partial charge in [0.05, 0.1) is 15.1 Å². The fourth-order valence-electron chi connectivity index (χ4n) is 0.989. The summed E-state index contributed by atoms with van der Waals surface area (Å²) in [5.74, 6) is -1.21. The average molecular weight is 281 g/mol. The van der Waals surface area contributed by atoms with Crippen molar-refractivity contribution >= 4 is 52.2 Å². The molecule has 1 amide bonds. The van der Waals surface area contributed by atoms with E-state index in [0.29, 0.717) is 5.69 Å². The number of Topliss-reactive ketones (excluding diaryl/α,β-unsaturated/α-hetero) is 1. The van der Waals surface area contributed by atoms with E-state index in [1.54, 1.807) is 6.92 Å². The van der Waals surface area contributed by atoms with E-state index in [4.69, 9.17) is 34.8 Å². The van der Waals surface area contributed by atoms with Crippen LogP contribution in [0.3, 0.4) is 0 Å². The summed E-state index contributed by atoms with van der Waals surface area (Å²) in [5.41, 5.74) is 0.339. The molecule has 6 heteroatoms. The lowest BCUT2D eigenvalue weighted by Crippen LogP contribution is -2.21. The van der Waals surface area contributed by atoms with Crippen molar-refractivity contribution in [1.29, 1.82) is 0 Å². The number of amides is 1. The Morgan fingerprint density at radius 3 is 2.12 bits per heavy atom. The van der Waals surface area contributed by atoms with E-state index in [0.717, 1.165) is 0 Å². The standard InChI is InChI=1S/C10H8Cl3NO2/c1-2-8(15)10(16)14-5-3-6(11)9(13)7(12)4-5/h3-4H,2H2,1H3,(H,14,16). The second-order valence-electron chi connectivity index (χ2n) is 2.98. The van der Waals surface area contributed by atoms with Crippen LogP contribution in [0.5, 0.6) is 0 Å². The van der Waals surface area contributed by atoms with Crippen molar-refractivity contribution < 1.29 is 9.59 Å². The Labute approximate surface area is 108 Å². The molecule has 1 N–H and O–H groups in total. The molecule has 0 bridgehead atoms. The summed E-state index contributed by atoms with van der Waals surface area (Å²) in [5, 5.41) is 3.03. The number of rotatable bonds is 3. The van der Waals surface area contributed by atoms with Crippen LogP contribution in [0.2, 0.25) is 15.1 Å². The maximum absolute atomic E-state index is 11.3. The molecule has 0 aliphatic rings. The Balaban J connectivity index is 2.91. The molecule has 0 fully saturated rings. The summed E-state index contributed by atoms with van der Waals surface area (Å²) < 4.78 is 0. The van der Waals surface area contributed by atoms with Crippen LogP contribution in [0.25, 0.3) is 0 Å². The van der Waals surface area contributed by atoms with Gasteiger partial charge >= 0.3 is 0 Å². The largest absolute Gasteiger partial charge is 0.319 e. The summed E-state index contributed by atoms with van der Waals surface area (Å²) in [7, 11) is 0. The smallest absolute Gasteiger partial charge is 0.291 e. The highest BCUT2D eigenvalue weighted by Crippen LogP contribution is 2.33. The van der Waals surface area contributed by atoms with Crippen LogP contribution in [0, 0.1) is 0 Å². The van der Waals surface area contributed by atoms with E-state index < -0.39 is 11.7 Å². The minimum Gasteiger partial charge on any atom is -0.319 e. The third-order valence-corrected chi connectivity index (χ3v) is 3.01. The van der Waals surface area contributed by atoms with Crippen LogP contribution in [0.4, 0.5) is 5.69 Å². The summed E-state index contributed by atoms with van der Waals surface area (Å²) in [6.07, 6.45) is 0.140. The lowest BCUT2D eigenvalue weighted by Gasteiger charge is -2.06. The fourth-order valence-corrected chi connectivity index (χ4v) is 1.59. The van der Waals surface area contributed by atoms with Gasteiger partial charge in [-0.15, -0.1) is 0 Å². The maximum atomic E-state index is 11.3. The predicted molar refractivity (Wildman–Crippen MR) is 65.4 cm³/mol. The van der Waals surface area contributed by atoms with Gasteiger partial charge < -0.3 is 5.32 Å². The summed E-state index contributed by atoms with van der Waals surface area (Å²) in [6.45, 7) is 1.60. The molecule has 0 atom stereocenters. The highest BCUT2D eigenvalue weighted by Gasteiger charge is 2.13. The molecule has 0 heterocycles. The van der Waals surface area contributed by atoms with E-state index in [2.05, 4.69) is 5.32 Å². The quantitative estimate of drug-likeness (QED) is 0.679. The van der Waals surface area contributed by atoms with E-state index in [-0.39, 0.29) is 21.5 Å². The molecule has 0 aromatic heterocycles. The zero-order chi connectivity index (χ0) is 12.3. The molecule has 1 aromatic carbocycles. The monoisotopic (exact) mass is 279 g/mol. The summed E-state index contributed by atoms with van der Waals surface area (Å²) in [6, 6.07) is 2.85. The predicted octanol–water partition coefficient (Wildman–Crippen LogP) is 3.56. The van der Waals surface area contributed by atoms with Crippen LogP contribution < -0.4 is 5.32 Å². The first kappa shape index (κ1) is 13.3. The Kier molecular flexibility index (Phi) is 4.59. The lowest BCUT2D eigenvalue weighted by molar-refractivity contribution is -0.134. The Morgan fingerprint density at radius 1 is 1.19 bits per heavy atom. The third-order valence-electron chi connectivity index (χ3n) is 1.82. The molecular formula is C10H8Cl3NO2. The molecule has 0 spiro atoms. The minimum atomic E-state index is -0.697. The first-order valence-corrected chi connectivity index (χ1v) is 5.57. The van der Waals surface area contributed by atoms with Crippen molar-refractivity contribution in [3.63, 3.8) is 0 Å². The Bertz CT molecular complexity index is 423. The number of hydrogen-bond acceptors (Lipinski definition) is 2. The first-order chi connectivity index (χ1) is 7.45. The van der Waals surface area contributed by atoms with Gasteiger partial charge in [0, 0.05) is 12.1 Å². The summed E-state index contributed by atoms with van der Waals surface area (Å²) in [4.78, 5) is 22.3. The highest BCUT2D eigenvalue weighted by atomic mass is 35.5. The minimum absolute atomic E-state index is 0.140. The number of benzene rings is 1. The fraction of sp³-hybridized carbons (Fsp3) is 0.200. The Hall–Kier alpha value is -0.770. The third kappa shape index (κ3) is 3.11. The van der Waals surface area contributed by atoms with Crippen LogP contribution in [0.15, 0.2) is 12.1 Å². The van der Waals surface area contributed by atoms with Crippen LogP contribution in [0.1, 0.15) is 13.3 Å². The molecule has 0 saturated carbocycles. The van der Waals surface area contributed by atoms with Gasteiger partial charge in [0.1, 0.15) is 0 Å². The lowest BCUT2D eigenvalue weighted by atomic mass is 10.2. The molecule has 0 unspecified atom stereocenters. The normalized spacial score (nSPS) is 10.0. The van der Waals surface area contributed by atoms with E-state index >= 15 is 0 Å².